The van der Waals surface area contributed by atoms with Crippen LogP contribution in [0.5, 0.6) is 0 Å². The number of nitrogens with zero attached hydrogens (tertiary/aromatic N) is 3. The molecule has 6 nitrogen and oxygen atoms in total. The molecule has 4 rings (SSSR count). The molecule has 2 N–H and O–H groups in total. The summed E-state index contributed by atoms with van der Waals surface area (Å²) in [5, 5.41) is 14.7. The highest BCUT2D eigenvalue weighted by Crippen LogP contribution is 2.30. The molecule has 2 aromatic carbocycles. The summed E-state index contributed by atoms with van der Waals surface area (Å²) in [6, 6.07) is 13.1. The Morgan fingerprint density at radius 2 is 1.86 bits per heavy atom. The summed E-state index contributed by atoms with van der Waals surface area (Å²) in [6.45, 7) is 1.87. The van der Waals surface area contributed by atoms with Crippen molar-refractivity contribution in [2.45, 2.75) is 6.92 Å². The number of carbonyl (C=O) groups excluding carboxylic acids is 1. The van der Waals surface area contributed by atoms with Crippen molar-refractivity contribution >= 4 is 23.3 Å². The van der Waals surface area contributed by atoms with E-state index >= 15 is 0 Å². The zero-order chi connectivity index (χ0) is 19.7. The number of halogens is 2. The summed E-state index contributed by atoms with van der Waals surface area (Å²) < 4.78 is 14.6. The van der Waals surface area contributed by atoms with Crippen LogP contribution in [0.3, 0.4) is 0 Å². The smallest absolute Gasteiger partial charge is 0.260 e. The number of aryl methyl sites for hydroxylation is 1. The quantitative estimate of drug-likeness (QED) is 0.529. The molecule has 0 aliphatic heterocycles. The third kappa shape index (κ3) is 3.52. The van der Waals surface area contributed by atoms with Gasteiger partial charge in [0.15, 0.2) is 5.82 Å². The molecule has 0 unspecified atom stereocenters. The van der Waals surface area contributed by atoms with Crippen LogP contribution in [0.2, 0.25) is 5.02 Å². The lowest BCUT2D eigenvalue weighted by atomic mass is 10.1. The summed E-state index contributed by atoms with van der Waals surface area (Å²) in [7, 11) is 0. The van der Waals surface area contributed by atoms with E-state index in [9.17, 15) is 9.18 Å². The number of anilines is 1. The summed E-state index contributed by atoms with van der Waals surface area (Å²) in [5.74, 6) is -0.271. The van der Waals surface area contributed by atoms with Crippen molar-refractivity contribution in [1.29, 1.82) is 0 Å². The average Bonchev–Trinajstić information content (AvgIpc) is 3.31. The molecule has 0 spiro atoms. The van der Waals surface area contributed by atoms with Crippen molar-refractivity contribution in [1.82, 2.24) is 20.0 Å². The molecular formula is C20H15ClFN5O. The Morgan fingerprint density at radius 1 is 1.14 bits per heavy atom. The highest BCUT2D eigenvalue weighted by atomic mass is 35.5. The van der Waals surface area contributed by atoms with E-state index in [0.29, 0.717) is 22.1 Å². The van der Waals surface area contributed by atoms with Gasteiger partial charge in [-0.05, 0) is 48.9 Å². The third-order valence-electron chi connectivity index (χ3n) is 4.25. The van der Waals surface area contributed by atoms with Crippen LogP contribution >= 0.6 is 11.6 Å². The fraction of sp³-hybridized carbons (Fsp3) is 0.0500. The summed E-state index contributed by atoms with van der Waals surface area (Å²) in [6.07, 6.45) is 3.02. The largest absolute Gasteiger partial charge is 0.304 e. The zero-order valence-electron chi connectivity index (χ0n) is 14.8. The maximum atomic E-state index is 13.1. The SMILES string of the molecule is Cc1[nH]nc(NC(=O)c2cnn(-c3ccc(F)cc3)c2)c1-c1ccc(Cl)cc1. The Labute approximate surface area is 165 Å². The number of benzene rings is 2. The van der Waals surface area contributed by atoms with E-state index in [0.717, 1.165) is 16.8 Å². The van der Waals surface area contributed by atoms with Crippen molar-refractivity contribution in [2.75, 3.05) is 5.32 Å². The van der Waals surface area contributed by atoms with Gasteiger partial charge in [-0.15, -0.1) is 0 Å². The second-order valence-electron chi connectivity index (χ2n) is 6.18. The van der Waals surface area contributed by atoms with Crippen molar-refractivity contribution in [3.63, 3.8) is 0 Å². The number of H-pyrrole nitrogens is 1. The van der Waals surface area contributed by atoms with Gasteiger partial charge in [-0.3, -0.25) is 9.89 Å². The number of rotatable bonds is 4. The maximum absolute atomic E-state index is 13.1. The van der Waals surface area contributed by atoms with Gasteiger partial charge < -0.3 is 5.32 Å². The molecule has 0 fully saturated rings. The number of amides is 1. The number of hydrogen-bond acceptors (Lipinski definition) is 3. The first-order valence-electron chi connectivity index (χ1n) is 8.44. The van der Waals surface area contributed by atoms with Crippen molar-refractivity contribution in [3.8, 4) is 16.8 Å². The molecule has 1 amide bonds. The molecule has 0 bridgehead atoms. The van der Waals surface area contributed by atoms with Gasteiger partial charge in [0.05, 0.1) is 17.4 Å². The first-order valence-corrected chi connectivity index (χ1v) is 8.82. The monoisotopic (exact) mass is 395 g/mol. The van der Waals surface area contributed by atoms with Gasteiger partial charge in [-0.1, -0.05) is 23.7 Å². The summed E-state index contributed by atoms with van der Waals surface area (Å²) in [5.41, 5.74) is 3.49. The molecule has 28 heavy (non-hydrogen) atoms. The molecule has 0 saturated carbocycles. The Morgan fingerprint density at radius 3 is 2.57 bits per heavy atom. The Hall–Kier alpha value is -3.45. The highest BCUT2D eigenvalue weighted by molar-refractivity contribution is 6.30. The predicted octanol–water partition coefficient (Wildman–Crippen LogP) is 4.62. The van der Waals surface area contributed by atoms with Crippen LogP contribution in [0.15, 0.2) is 60.9 Å². The van der Waals surface area contributed by atoms with Crippen LogP contribution in [0.1, 0.15) is 16.1 Å². The van der Waals surface area contributed by atoms with Crippen LogP contribution in [0, 0.1) is 12.7 Å². The summed E-state index contributed by atoms with van der Waals surface area (Å²) in [4.78, 5) is 12.7. The topological polar surface area (TPSA) is 75.6 Å². The molecule has 0 atom stereocenters. The third-order valence-corrected chi connectivity index (χ3v) is 4.50. The van der Waals surface area contributed by atoms with Gasteiger partial charge >= 0.3 is 0 Å². The molecule has 0 radical (unpaired) electrons. The number of hydrogen-bond donors (Lipinski definition) is 2. The molecule has 0 saturated heterocycles. The highest BCUT2D eigenvalue weighted by Gasteiger charge is 2.17. The minimum atomic E-state index is -0.352. The first kappa shape index (κ1) is 17.9. The second kappa shape index (κ2) is 7.28. The van der Waals surface area contributed by atoms with Gasteiger partial charge in [0, 0.05) is 22.5 Å². The van der Waals surface area contributed by atoms with E-state index in [4.69, 9.17) is 11.6 Å². The fourth-order valence-corrected chi connectivity index (χ4v) is 2.97. The van der Waals surface area contributed by atoms with Crippen molar-refractivity contribution in [3.05, 3.63) is 83.0 Å². The van der Waals surface area contributed by atoms with E-state index in [1.807, 2.05) is 19.1 Å². The summed E-state index contributed by atoms with van der Waals surface area (Å²) >= 11 is 5.96. The van der Waals surface area contributed by atoms with E-state index in [1.165, 1.54) is 23.0 Å². The van der Waals surface area contributed by atoms with Crippen LogP contribution in [0.4, 0.5) is 10.2 Å². The number of nitrogens with one attached hydrogen (secondary N) is 2. The van der Waals surface area contributed by atoms with E-state index in [1.54, 1.807) is 30.5 Å². The average molecular weight is 396 g/mol. The lowest BCUT2D eigenvalue weighted by Crippen LogP contribution is -2.12. The Balaban J connectivity index is 1.58. The standard InChI is InChI=1S/C20H15ClFN5O/c1-12-18(13-2-4-15(21)5-3-13)19(26-25-12)24-20(28)14-10-23-27(11-14)17-8-6-16(22)7-9-17/h2-11H,1H3,(H2,24,25,26,28). The second-order valence-corrected chi connectivity index (χ2v) is 6.62. The number of aromatic nitrogens is 4. The lowest BCUT2D eigenvalue weighted by molar-refractivity contribution is 0.102. The Bertz CT molecular complexity index is 1130. The van der Waals surface area contributed by atoms with Crippen molar-refractivity contribution < 1.29 is 9.18 Å². The predicted molar refractivity (Wildman–Crippen MR) is 105 cm³/mol. The normalized spacial score (nSPS) is 10.8. The molecule has 2 aromatic heterocycles. The molecule has 4 aromatic rings. The maximum Gasteiger partial charge on any atom is 0.260 e. The molecule has 0 aliphatic rings. The number of aromatic amines is 1. The van der Waals surface area contributed by atoms with Crippen LogP contribution < -0.4 is 5.32 Å². The van der Waals surface area contributed by atoms with Gasteiger partial charge in [0.1, 0.15) is 5.82 Å². The number of carbonyl (C=O) groups is 1. The van der Waals surface area contributed by atoms with Crippen LogP contribution in [0.25, 0.3) is 16.8 Å². The van der Waals surface area contributed by atoms with Crippen molar-refractivity contribution in [2.24, 2.45) is 0 Å². The van der Waals surface area contributed by atoms with Gasteiger partial charge in [-0.2, -0.15) is 10.2 Å². The molecule has 2 heterocycles. The van der Waals surface area contributed by atoms with Gasteiger partial charge in [0.2, 0.25) is 0 Å². The molecule has 140 valence electrons. The van der Waals surface area contributed by atoms with Gasteiger partial charge in [-0.25, -0.2) is 9.07 Å². The van der Waals surface area contributed by atoms with Crippen LogP contribution in [-0.2, 0) is 0 Å². The molecular weight excluding hydrogens is 381 g/mol. The minimum Gasteiger partial charge on any atom is -0.304 e. The Kier molecular flexibility index (Phi) is 4.67. The van der Waals surface area contributed by atoms with E-state index in [-0.39, 0.29) is 11.7 Å². The first-order chi connectivity index (χ1) is 13.5. The lowest BCUT2D eigenvalue weighted by Gasteiger charge is -2.06. The van der Waals surface area contributed by atoms with Crippen LogP contribution in [-0.4, -0.2) is 25.9 Å². The minimum absolute atomic E-state index is 0.336. The molecule has 0 aliphatic carbocycles. The van der Waals surface area contributed by atoms with E-state index < -0.39 is 0 Å². The van der Waals surface area contributed by atoms with E-state index in [2.05, 4.69) is 20.6 Å². The van der Waals surface area contributed by atoms with Gasteiger partial charge in [0.25, 0.3) is 5.91 Å². The fourth-order valence-electron chi connectivity index (χ4n) is 2.84. The zero-order valence-corrected chi connectivity index (χ0v) is 15.5. The molecule has 8 heteroatoms.